The van der Waals surface area contributed by atoms with Crippen molar-refractivity contribution in [3.63, 3.8) is 0 Å². The molecule has 0 fully saturated rings. The van der Waals surface area contributed by atoms with Crippen LogP contribution in [0.5, 0.6) is 0 Å². The van der Waals surface area contributed by atoms with Crippen LogP contribution in [0.4, 0.5) is 34.5 Å². The third-order valence-corrected chi connectivity index (χ3v) is 8.07. The molecular formula is C40H28Ag2B2F8N8. The van der Waals surface area contributed by atoms with Gasteiger partial charge in [0, 0.05) is 24.8 Å². The van der Waals surface area contributed by atoms with Gasteiger partial charge in [-0.25, -0.2) is 0 Å². The van der Waals surface area contributed by atoms with E-state index >= 15 is 0 Å². The number of halogens is 8. The van der Waals surface area contributed by atoms with E-state index in [-0.39, 0.29) is 44.8 Å². The van der Waals surface area contributed by atoms with Crippen LogP contribution < -0.4 is 0 Å². The summed E-state index contributed by atoms with van der Waals surface area (Å²) >= 11 is 0. The summed E-state index contributed by atoms with van der Waals surface area (Å²) in [7, 11) is -12.0. The zero-order valence-corrected chi connectivity index (χ0v) is 33.6. The molecule has 8 aromatic rings. The molecule has 0 N–H and O–H groups in total. The minimum Gasteiger partial charge on any atom is -0.418 e. The summed E-state index contributed by atoms with van der Waals surface area (Å²) in [5.74, 6) is 0. The van der Waals surface area contributed by atoms with Gasteiger partial charge in [-0.2, -0.15) is 20.7 Å². The Bertz CT molecular complexity index is 2490. The second-order valence-electron chi connectivity index (χ2n) is 12.1. The largest absolute Gasteiger partial charge is 1.00 e. The molecule has 0 bridgehead atoms. The quantitative estimate of drug-likeness (QED) is 0.121. The van der Waals surface area contributed by atoms with Crippen LogP contribution in [-0.4, -0.2) is 44.0 Å². The molecule has 8 rings (SSSR count). The molecule has 0 spiro atoms. The maximum absolute atomic E-state index is 9.75. The first-order valence-corrected chi connectivity index (χ1v) is 17.2. The van der Waals surface area contributed by atoms with Gasteiger partial charge in [-0.3, -0.25) is 19.3 Å². The molecule has 0 amide bonds. The summed E-state index contributed by atoms with van der Waals surface area (Å²) in [5.41, 5.74) is 7.11. The van der Waals surface area contributed by atoms with E-state index in [4.69, 9.17) is 0 Å². The van der Waals surface area contributed by atoms with Crippen molar-refractivity contribution in [2.75, 3.05) is 0 Å². The van der Waals surface area contributed by atoms with Crippen LogP contribution in [-0.2, 0) is 57.9 Å². The predicted octanol–water partition coefficient (Wildman–Crippen LogP) is 10.6. The van der Waals surface area contributed by atoms with Gasteiger partial charge in [0.1, 0.15) is 11.4 Å². The minimum atomic E-state index is -6.00. The van der Waals surface area contributed by atoms with Gasteiger partial charge in [-0.1, -0.05) is 72.8 Å². The van der Waals surface area contributed by atoms with E-state index in [1.54, 1.807) is 12.4 Å². The number of hydrogen-bond acceptors (Lipinski definition) is 6. The Kier molecular flexibility index (Phi) is 18.2. The summed E-state index contributed by atoms with van der Waals surface area (Å²) in [6, 6.07) is 43.8. The molecule has 4 heterocycles. The van der Waals surface area contributed by atoms with Crippen LogP contribution >= 0.6 is 0 Å². The van der Waals surface area contributed by atoms with Crippen LogP contribution in [0.1, 0.15) is 22.3 Å². The average molecular weight is 1010 g/mol. The molecule has 0 unspecified atom stereocenters. The monoisotopic (exact) mass is 1010 g/mol. The van der Waals surface area contributed by atoms with Crippen molar-refractivity contribution in [3.8, 4) is 34.9 Å². The van der Waals surface area contributed by atoms with E-state index in [0.717, 1.165) is 55.4 Å². The summed E-state index contributed by atoms with van der Waals surface area (Å²) in [5, 5.41) is 31.9. The van der Waals surface area contributed by atoms with Crippen LogP contribution in [0.3, 0.4) is 0 Å². The van der Waals surface area contributed by atoms with Gasteiger partial charge in [-0.15, -0.1) is 0 Å². The zero-order chi connectivity index (χ0) is 41.7. The summed E-state index contributed by atoms with van der Waals surface area (Å²) in [4.78, 5) is 8.66. The number of aromatic nitrogens is 6. The van der Waals surface area contributed by atoms with Crippen molar-refractivity contribution in [2.24, 2.45) is 0 Å². The van der Waals surface area contributed by atoms with Gasteiger partial charge in [0.25, 0.3) is 0 Å². The van der Waals surface area contributed by atoms with E-state index in [1.165, 1.54) is 0 Å². The molecule has 4 aromatic heterocycles. The molecule has 0 atom stereocenters. The second kappa shape index (κ2) is 22.5. The molecule has 8 nitrogen and oxygen atoms in total. The normalized spacial score (nSPS) is 10.5. The second-order valence-corrected chi connectivity index (χ2v) is 12.1. The standard InChI is InChI=1S/2C20H14N4.2Ag.2BF4/c2*21-13-15-8-9-16(18-6-2-1-5-17(15)18)14-24-12-10-20(23-24)19-7-3-4-11-22-19;;;2*2-1(3,4)5/h2*1-12H,14H2;;;;/q;;2*+1;2*-1. The summed E-state index contributed by atoms with van der Waals surface area (Å²) < 4.78 is 81.8. The first-order chi connectivity index (χ1) is 27.7. The number of benzene rings is 4. The Morgan fingerprint density at radius 2 is 0.767 bits per heavy atom. The Morgan fingerprint density at radius 3 is 1.08 bits per heavy atom. The zero-order valence-electron chi connectivity index (χ0n) is 30.6. The minimum absolute atomic E-state index is 0. The van der Waals surface area contributed by atoms with Crippen LogP contribution in [0, 0.1) is 22.7 Å². The molecule has 20 heteroatoms. The van der Waals surface area contributed by atoms with E-state index in [9.17, 15) is 45.0 Å². The SMILES string of the molecule is F[B-](F)(F)F.F[B-](F)(F)F.N#Cc1ccc(Cn2ccc(-c3ccccn3)n2)c2ccccc12.N#Cc1ccc(Cn2ccc(-c3ccccn3)n2)c2ccccc12.[Ag+].[Ag+]. The molecule has 312 valence electrons. The third kappa shape index (κ3) is 14.8. The molecule has 0 aliphatic heterocycles. The molecule has 0 radical (unpaired) electrons. The number of pyridine rings is 2. The van der Waals surface area contributed by atoms with Gasteiger partial charge in [0.15, 0.2) is 0 Å². The number of nitrogens with zero attached hydrogens (tertiary/aromatic N) is 8. The van der Waals surface area contributed by atoms with Crippen molar-refractivity contribution in [1.82, 2.24) is 29.5 Å². The van der Waals surface area contributed by atoms with Crippen molar-refractivity contribution in [2.45, 2.75) is 13.1 Å². The molecule has 4 aromatic carbocycles. The fourth-order valence-electron chi connectivity index (χ4n) is 5.74. The molecule has 60 heavy (non-hydrogen) atoms. The van der Waals surface area contributed by atoms with E-state index < -0.39 is 14.5 Å². The Labute approximate surface area is 369 Å². The maximum Gasteiger partial charge on any atom is 1.00 e. The number of nitriles is 2. The van der Waals surface area contributed by atoms with Crippen molar-refractivity contribution < 1.29 is 79.3 Å². The fraction of sp³-hybridized carbons (Fsp3) is 0.0500. The van der Waals surface area contributed by atoms with Crippen LogP contribution in [0.25, 0.3) is 44.3 Å². The van der Waals surface area contributed by atoms with E-state index in [1.807, 2.05) is 131 Å². The van der Waals surface area contributed by atoms with Gasteiger partial charge in [0.2, 0.25) is 0 Å². The number of hydrogen-bond donors (Lipinski definition) is 0. The predicted molar refractivity (Wildman–Crippen MR) is 207 cm³/mol. The fourth-order valence-corrected chi connectivity index (χ4v) is 5.74. The molecular weight excluding hydrogens is 982 g/mol. The van der Waals surface area contributed by atoms with E-state index in [0.29, 0.717) is 24.2 Å². The van der Waals surface area contributed by atoms with Crippen LogP contribution in [0.15, 0.2) is 146 Å². The molecule has 0 aliphatic rings. The van der Waals surface area contributed by atoms with Gasteiger partial charge < -0.3 is 34.5 Å². The van der Waals surface area contributed by atoms with E-state index in [2.05, 4.69) is 44.4 Å². The topological polar surface area (TPSA) is 109 Å². The smallest absolute Gasteiger partial charge is 0.418 e. The third-order valence-electron chi connectivity index (χ3n) is 8.07. The molecule has 0 saturated carbocycles. The van der Waals surface area contributed by atoms with Crippen LogP contribution in [0.2, 0.25) is 0 Å². The molecule has 0 aliphatic carbocycles. The maximum atomic E-state index is 9.75. The van der Waals surface area contributed by atoms with Crippen molar-refractivity contribution in [3.05, 3.63) is 168 Å². The number of fused-ring (bicyclic) bond motifs is 2. The first-order valence-electron chi connectivity index (χ1n) is 17.2. The Balaban J connectivity index is 0.000000255. The average Bonchev–Trinajstić information content (AvgIpc) is 3.88. The summed E-state index contributed by atoms with van der Waals surface area (Å²) in [6.07, 6.45) is 7.44. The van der Waals surface area contributed by atoms with Crippen molar-refractivity contribution in [1.29, 1.82) is 10.5 Å². The Morgan fingerprint density at radius 1 is 0.433 bits per heavy atom. The number of rotatable bonds is 6. The first kappa shape index (κ1) is 48.5. The summed E-state index contributed by atoms with van der Waals surface area (Å²) in [6.45, 7) is 1.30. The Hall–Kier alpha value is -5.85. The van der Waals surface area contributed by atoms with Gasteiger partial charge in [0.05, 0.1) is 47.7 Å². The molecule has 0 saturated heterocycles. The van der Waals surface area contributed by atoms with Gasteiger partial charge in [-0.05, 0) is 81.2 Å². The van der Waals surface area contributed by atoms with Crippen molar-refractivity contribution >= 4 is 36.1 Å². The van der Waals surface area contributed by atoms with Gasteiger partial charge >= 0.3 is 59.3 Å².